The van der Waals surface area contributed by atoms with Gasteiger partial charge in [-0.15, -0.1) is 0 Å². The predicted octanol–water partition coefficient (Wildman–Crippen LogP) is 4.84. The molecule has 1 fully saturated rings. The first-order chi connectivity index (χ1) is 18.4. The molecule has 2 aliphatic heterocycles. The Balaban J connectivity index is 1.40. The first-order valence-corrected chi connectivity index (χ1v) is 12.8. The van der Waals surface area contributed by atoms with Crippen molar-refractivity contribution in [2.24, 2.45) is 0 Å². The Labute approximate surface area is 232 Å². The highest BCUT2D eigenvalue weighted by Crippen LogP contribution is 2.37. The Morgan fingerprint density at radius 3 is 2.47 bits per heavy atom. The summed E-state index contributed by atoms with van der Waals surface area (Å²) in [6, 6.07) is 15.3. The minimum absolute atomic E-state index is 0.170. The van der Waals surface area contributed by atoms with Gasteiger partial charge in [0.15, 0.2) is 23.0 Å². The first kappa shape index (κ1) is 25.6. The van der Waals surface area contributed by atoms with Crippen LogP contribution in [-0.4, -0.2) is 31.7 Å². The van der Waals surface area contributed by atoms with E-state index in [9.17, 15) is 14.4 Å². The van der Waals surface area contributed by atoms with Crippen LogP contribution in [0.1, 0.15) is 23.6 Å². The Kier molecular flexibility index (Phi) is 7.23. The molecule has 38 heavy (non-hydrogen) atoms. The Bertz CT molecular complexity index is 1470. The van der Waals surface area contributed by atoms with E-state index < -0.39 is 17.8 Å². The van der Waals surface area contributed by atoms with Gasteiger partial charge in [0.2, 0.25) is 6.79 Å². The summed E-state index contributed by atoms with van der Waals surface area (Å²) in [6.45, 7) is 2.47. The molecule has 1 N–H and O–H groups in total. The number of carbonyl (C=O) groups is 3. The van der Waals surface area contributed by atoms with Crippen molar-refractivity contribution in [3.63, 3.8) is 0 Å². The van der Waals surface area contributed by atoms with Crippen LogP contribution in [0.15, 0.2) is 60.2 Å². The van der Waals surface area contributed by atoms with Crippen molar-refractivity contribution in [1.29, 1.82) is 0 Å². The van der Waals surface area contributed by atoms with Crippen molar-refractivity contribution < 1.29 is 33.3 Å². The largest absolute Gasteiger partial charge is 0.493 e. The molecule has 9 nitrogen and oxygen atoms in total. The standard InChI is InChI=1S/C28H23IN2O7/c1-3-16-4-7-19(8-5-16)31-27(33)20(26(32)30-28(31)34)10-18-11-21(29)25(24(13-18)35-2)36-14-17-6-9-22-23(12-17)38-15-37-22/h4-13H,3,14-15H2,1-2H3,(H,30,32,34)/b20-10-. The number of anilines is 1. The van der Waals surface area contributed by atoms with Crippen molar-refractivity contribution in [1.82, 2.24) is 5.32 Å². The molecule has 1 saturated heterocycles. The molecule has 2 aliphatic rings. The summed E-state index contributed by atoms with van der Waals surface area (Å²) < 4.78 is 23.1. The minimum Gasteiger partial charge on any atom is -0.493 e. The van der Waals surface area contributed by atoms with Gasteiger partial charge in [-0.05, 0) is 88.2 Å². The normalized spacial score (nSPS) is 15.6. The fourth-order valence-electron chi connectivity index (χ4n) is 4.09. The number of fused-ring (bicyclic) bond motifs is 1. The number of amides is 4. The third-order valence-corrected chi connectivity index (χ3v) is 6.89. The maximum absolute atomic E-state index is 13.3. The summed E-state index contributed by atoms with van der Waals surface area (Å²) in [5.74, 6) is 0.826. The molecule has 0 saturated carbocycles. The van der Waals surface area contributed by atoms with E-state index in [0.29, 0.717) is 37.8 Å². The number of nitrogens with zero attached hydrogens (tertiary/aromatic N) is 1. The van der Waals surface area contributed by atoms with Crippen LogP contribution >= 0.6 is 22.6 Å². The Morgan fingerprint density at radius 2 is 1.74 bits per heavy atom. The molecule has 0 unspecified atom stereocenters. The molecule has 0 aromatic heterocycles. The number of aryl methyl sites for hydroxylation is 1. The second-order valence-electron chi connectivity index (χ2n) is 8.49. The predicted molar refractivity (Wildman–Crippen MR) is 147 cm³/mol. The SMILES string of the molecule is CCc1ccc(N2C(=O)NC(=O)/C(=C/c3cc(I)c(OCc4ccc5c(c4)OCO5)c(OC)c3)C2=O)cc1. The molecule has 194 valence electrons. The molecule has 0 bridgehead atoms. The zero-order chi connectivity index (χ0) is 26.8. The summed E-state index contributed by atoms with van der Waals surface area (Å²) in [6.07, 6.45) is 2.25. The van der Waals surface area contributed by atoms with Crippen LogP contribution in [0.25, 0.3) is 6.08 Å². The summed E-state index contributed by atoms with van der Waals surface area (Å²) in [4.78, 5) is 39.3. The maximum atomic E-state index is 13.3. The van der Waals surface area contributed by atoms with Gasteiger partial charge in [-0.1, -0.05) is 25.1 Å². The van der Waals surface area contributed by atoms with Gasteiger partial charge in [-0.2, -0.15) is 0 Å². The number of urea groups is 1. The molecular formula is C28H23IN2O7. The lowest BCUT2D eigenvalue weighted by Gasteiger charge is -2.26. The van der Waals surface area contributed by atoms with Gasteiger partial charge in [0.05, 0.1) is 16.4 Å². The molecule has 3 aromatic rings. The van der Waals surface area contributed by atoms with Gasteiger partial charge in [0.25, 0.3) is 11.8 Å². The van der Waals surface area contributed by atoms with E-state index in [1.165, 1.54) is 13.2 Å². The first-order valence-electron chi connectivity index (χ1n) is 11.8. The third-order valence-electron chi connectivity index (χ3n) is 6.09. The number of ether oxygens (including phenoxy) is 4. The number of barbiturate groups is 1. The van der Waals surface area contributed by atoms with Crippen molar-refractivity contribution in [2.75, 3.05) is 18.8 Å². The second-order valence-corrected chi connectivity index (χ2v) is 9.65. The fourth-order valence-corrected chi connectivity index (χ4v) is 4.87. The highest BCUT2D eigenvalue weighted by Gasteiger charge is 2.36. The van der Waals surface area contributed by atoms with Crippen LogP contribution in [0.4, 0.5) is 10.5 Å². The van der Waals surface area contributed by atoms with E-state index in [0.717, 1.165) is 22.4 Å². The van der Waals surface area contributed by atoms with E-state index >= 15 is 0 Å². The number of hydrogen-bond acceptors (Lipinski definition) is 7. The summed E-state index contributed by atoms with van der Waals surface area (Å²) in [7, 11) is 1.51. The van der Waals surface area contributed by atoms with E-state index in [2.05, 4.69) is 27.9 Å². The molecule has 3 aromatic carbocycles. The number of methoxy groups -OCH3 is 1. The van der Waals surface area contributed by atoms with Crippen LogP contribution in [0.3, 0.4) is 0 Å². The molecule has 2 heterocycles. The van der Waals surface area contributed by atoms with E-state index in [1.807, 2.05) is 37.3 Å². The lowest BCUT2D eigenvalue weighted by Crippen LogP contribution is -2.54. The number of carbonyl (C=O) groups excluding carboxylic acids is 3. The van der Waals surface area contributed by atoms with Crippen LogP contribution in [-0.2, 0) is 22.6 Å². The molecule has 10 heteroatoms. The smallest absolute Gasteiger partial charge is 0.335 e. The monoisotopic (exact) mass is 626 g/mol. The zero-order valence-corrected chi connectivity index (χ0v) is 22.7. The van der Waals surface area contributed by atoms with Crippen LogP contribution in [0, 0.1) is 3.57 Å². The molecule has 0 spiro atoms. The Hall–Kier alpha value is -4.06. The van der Waals surface area contributed by atoms with Crippen molar-refractivity contribution >= 4 is 52.2 Å². The van der Waals surface area contributed by atoms with Gasteiger partial charge in [0.1, 0.15) is 12.2 Å². The van der Waals surface area contributed by atoms with E-state index in [1.54, 1.807) is 24.3 Å². The molecular weight excluding hydrogens is 603 g/mol. The van der Waals surface area contributed by atoms with Crippen LogP contribution < -0.4 is 29.2 Å². The molecule has 5 rings (SSSR count). The minimum atomic E-state index is -0.791. The lowest BCUT2D eigenvalue weighted by molar-refractivity contribution is -0.122. The summed E-state index contributed by atoms with van der Waals surface area (Å²) in [5.41, 5.74) is 2.70. The molecule has 4 amide bonds. The van der Waals surface area contributed by atoms with Crippen molar-refractivity contribution in [2.45, 2.75) is 20.0 Å². The van der Waals surface area contributed by atoms with Gasteiger partial charge >= 0.3 is 6.03 Å². The van der Waals surface area contributed by atoms with Gasteiger partial charge < -0.3 is 18.9 Å². The number of imide groups is 2. The number of benzene rings is 3. The topological polar surface area (TPSA) is 103 Å². The lowest BCUT2D eigenvalue weighted by atomic mass is 10.1. The van der Waals surface area contributed by atoms with Gasteiger partial charge in [-0.25, -0.2) is 9.69 Å². The fraction of sp³-hybridized carbons (Fsp3) is 0.179. The maximum Gasteiger partial charge on any atom is 0.335 e. The van der Waals surface area contributed by atoms with Gasteiger partial charge in [0, 0.05) is 0 Å². The second kappa shape index (κ2) is 10.7. The number of hydrogen-bond donors (Lipinski definition) is 1. The number of halogens is 1. The van der Waals surface area contributed by atoms with E-state index in [4.69, 9.17) is 18.9 Å². The summed E-state index contributed by atoms with van der Waals surface area (Å²) >= 11 is 2.11. The molecule has 0 radical (unpaired) electrons. The summed E-state index contributed by atoms with van der Waals surface area (Å²) in [5, 5.41) is 2.25. The Morgan fingerprint density at radius 1 is 1.00 bits per heavy atom. The van der Waals surface area contributed by atoms with E-state index in [-0.39, 0.29) is 19.0 Å². The van der Waals surface area contributed by atoms with Crippen LogP contribution in [0.2, 0.25) is 0 Å². The molecule has 0 atom stereocenters. The molecule has 0 aliphatic carbocycles. The quantitative estimate of drug-likeness (QED) is 0.228. The van der Waals surface area contributed by atoms with Gasteiger partial charge in [-0.3, -0.25) is 14.9 Å². The van der Waals surface area contributed by atoms with Crippen LogP contribution in [0.5, 0.6) is 23.0 Å². The third kappa shape index (κ3) is 5.03. The zero-order valence-electron chi connectivity index (χ0n) is 20.6. The highest BCUT2D eigenvalue weighted by atomic mass is 127. The number of rotatable bonds is 7. The highest BCUT2D eigenvalue weighted by molar-refractivity contribution is 14.1. The average molecular weight is 626 g/mol. The average Bonchev–Trinajstić information content (AvgIpc) is 3.38. The van der Waals surface area contributed by atoms with Crippen molar-refractivity contribution in [3.8, 4) is 23.0 Å². The number of nitrogens with one attached hydrogen (secondary N) is 1. The van der Waals surface area contributed by atoms with Crippen molar-refractivity contribution in [3.05, 3.63) is 80.4 Å².